The minimum atomic E-state index is 0.478. The highest BCUT2D eigenvalue weighted by molar-refractivity contribution is 6.42. The molecule has 0 saturated carbocycles. The molecule has 0 aliphatic carbocycles. The Morgan fingerprint density at radius 3 is 2.10 bits per heavy atom. The summed E-state index contributed by atoms with van der Waals surface area (Å²) in [5, 5.41) is 5.20. The average molecular weight is 351 g/mol. The van der Waals surface area contributed by atoms with E-state index in [9.17, 15) is 0 Å². The molecule has 6 heteroatoms. The van der Waals surface area contributed by atoms with Gasteiger partial charge in [0.1, 0.15) is 0 Å². The minimum Gasteiger partial charge on any atom is -0.494 e. The SMILES string of the molecule is COc1c(Cl)cc(CNc2ccc(Cl)c(Cl)c2)cc1Cl. The minimum absolute atomic E-state index is 0.478. The molecule has 2 rings (SSSR count). The smallest absolute Gasteiger partial charge is 0.156 e. The molecule has 106 valence electrons. The van der Waals surface area contributed by atoms with Crippen LogP contribution < -0.4 is 10.1 Å². The van der Waals surface area contributed by atoms with Gasteiger partial charge in [-0.25, -0.2) is 0 Å². The van der Waals surface area contributed by atoms with Gasteiger partial charge in [-0.15, -0.1) is 0 Å². The van der Waals surface area contributed by atoms with Crippen molar-refractivity contribution >= 4 is 52.1 Å². The summed E-state index contributed by atoms with van der Waals surface area (Å²) in [7, 11) is 1.53. The Kier molecular flexibility index (Phi) is 5.28. The third-order valence-electron chi connectivity index (χ3n) is 2.68. The standard InChI is InChI=1S/C14H11Cl4NO/c1-20-14-12(17)4-8(5-13(14)18)7-19-9-2-3-10(15)11(16)6-9/h2-6,19H,7H2,1H3. The molecule has 0 bridgehead atoms. The Morgan fingerprint density at radius 1 is 0.900 bits per heavy atom. The molecule has 0 atom stereocenters. The van der Waals surface area contributed by atoms with Crippen LogP contribution in [0.25, 0.3) is 0 Å². The molecule has 0 fully saturated rings. The maximum Gasteiger partial charge on any atom is 0.156 e. The van der Waals surface area contributed by atoms with Gasteiger partial charge in [0, 0.05) is 12.2 Å². The molecular weight excluding hydrogens is 340 g/mol. The van der Waals surface area contributed by atoms with E-state index < -0.39 is 0 Å². The molecule has 0 unspecified atom stereocenters. The van der Waals surface area contributed by atoms with E-state index in [-0.39, 0.29) is 0 Å². The lowest BCUT2D eigenvalue weighted by atomic mass is 10.2. The molecular formula is C14H11Cl4NO. The van der Waals surface area contributed by atoms with Gasteiger partial charge in [0.2, 0.25) is 0 Å². The first-order valence-corrected chi connectivity index (χ1v) is 7.23. The number of nitrogens with one attached hydrogen (secondary N) is 1. The monoisotopic (exact) mass is 349 g/mol. The molecule has 20 heavy (non-hydrogen) atoms. The molecule has 0 aliphatic rings. The largest absolute Gasteiger partial charge is 0.494 e. The second-order valence-corrected chi connectivity index (χ2v) is 5.70. The van der Waals surface area contributed by atoms with Crippen molar-refractivity contribution in [1.82, 2.24) is 0 Å². The number of ether oxygens (including phenoxy) is 1. The van der Waals surface area contributed by atoms with Crippen LogP contribution >= 0.6 is 46.4 Å². The van der Waals surface area contributed by atoms with Crippen LogP contribution in [0.5, 0.6) is 5.75 Å². The van der Waals surface area contributed by atoms with Crippen molar-refractivity contribution in [2.24, 2.45) is 0 Å². The fourth-order valence-electron chi connectivity index (χ4n) is 1.72. The van der Waals surface area contributed by atoms with E-state index in [1.54, 1.807) is 24.3 Å². The van der Waals surface area contributed by atoms with Crippen molar-refractivity contribution in [3.05, 3.63) is 56.0 Å². The van der Waals surface area contributed by atoms with Gasteiger partial charge in [0.15, 0.2) is 5.75 Å². The lowest BCUT2D eigenvalue weighted by Gasteiger charge is -2.11. The van der Waals surface area contributed by atoms with E-state index in [1.165, 1.54) is 7.11 Å². The second kappa shape index (κ2) is 6.77. The zero-order valence-electron chi connectivity index (χ0n) is 10.5. The first-order chi connectivity index (χ1) is 9.51. The molecule has 0 aliphatic heterocycles. The third-order valence-corrected chi connectivity index (χ3v) is 3.98. The Morgan fingerprint density at radius 2 is 1.55 bits per heavy atom. The summed E-state index contributed by atoms with van der Waals surface area (Å²) in [6.07, 6.45) is 0. The summed E-state index contributed by atoms with van der Waals surface area (Å²) in [5.41, 5.74) is 1.80. The van der Waals surface area contributed by atoms with Gasteiger partial charge in [-0.2, -0.15) is 0 Å². The number of hydrogen-bond donors (Lipinski definition) is 1. The van der Waals surface area contributed by atoms with Crippen molar-refractivity contribution in [3.63, 3.8) is 0 Å². The van der Waals surface area contributed by atoms with E-state index in [1.807, 2.05) is 6.07 Å². The Hall–Kier alpha value is -0.800. The highest BCUT2D eigenvalue weighted by Gasteiger charge is 2.08. The van der Waals surface area contributed by atoms with Crippen LogP contribution in [-0.2, 0) is 6.54 Å². The van der Waals surface area contributed by atoms with Crippen LogP contribution in [0.15, 0.2) is 30.3 Å². The van der Waals surface area contributed by atoms with Gasteiger partial charge in [0.05, 0.1) is 27.2 Å². The van der Waals surface area contributed by atoms with E-state index in [0.29, 0.717) is 32.4 Å². The van der Waals surface area contributed by atoms with Crippen LogP contribution in [-0.4, -0.2) is 7.11 Å². The molecule has 2 nitrogen and oxygen atoms in total. The Labute approximate surface area is 137 Å². The first kappa shape index (κ1) is 15.6. The highest BCUT2D eigenvalue weighted by atomic mass is 35.5. The summed E-state index contributed by atoms with van der Waals surface area (Å²) < 4.78 is 5.11. The number of methoxy groups -OCH3 is 1. The van der Waals surface area contributed by atoms with Gasteiger partial charge in [-0.1, -0.05) is 46.4 Å². The maximum atomic E-state index is 6.09. The molecule has 0 spiro atoms. The fraction of sp³-hybridized carbons (Fsp3) is 0.143. The van der Waals surface area contributed by atoms with Gasteiger partial charge in [0.25, 0.3) is 0 Å². The molecule has 0 saturated heterocycles. The quantitative estimate of drug-likeness (QED) is 0.738. The van der Waals surface area contributed by atoms with E-state index in [2.05, 4.69) is 5.32 Å². The first-order valence-electron chi connectivity index (χ1n) is 5.72. The van der Waals surface area contributed by atoms with Crippen LogP contribution in [0.2, 0.25) is 20.1 Å². The van der Waals surface area contributed by atoms with Crippen molar-refractivity contribution in [2.75, 3.05) is 12.4 Å². The molecule has 2 aromatic rings. The number of hydrogen-bond acceptors (Lipinski definition) is 2. The topological polar surface area (TPSA) is 21.3 Å². The number of anilines is 1. The van der Waals surface area contributed by atoms with Gasteiger partial charge in [-0.05, 0) is 35.9 Å². The summed E-state index contributed by atoms with van der Waals surface area (Å²) in [6.45, 7) is 0.557. The fourth-order valence-corrected chi connectivity index (χ4v) is 2.70. The number of benzene rings is 2. The summed E-state index contributed by atoms with van der Waals surface area (Å²) in [5.74, 6) is 0.478. The van der Waals surface area contributed by atoms with E-state index in [0.717, 1.165) is 11.3 Å². The van der Waals surface area contributed by atoms with Gasteiger partial charge >= 0.3 is 0 Å². The predicted octanol–water partition coefficient (Wildman–Crippen LogP) is 5.92. The highest BCUT2D eigenvalue weighted by Crippen LogP contribution is 2.34. The zero-order chi connectivity index (χ0) is 14.7. The molecule has 0 heterocycles. The Balaban J connectivity index is 2.13. The zero-order valence-corrected chi connectivity index (χ0v) is 13.5. The molecule has 0 amide bonds. The van der Waals surface area contributed by atoms with Crippen molar-refractivity contribution in [3.8, 4) is 5.75 Å². The number of rotatable bonds is 4. The van der Waals surface area contributed by atoms with E-state index >= 15 is 0 Å². The number of halogens is 4. The summed E-state index contributed by atoms with van der Waals surface area (Å²) >= 11 is 24.0. The van der Waals surface area contributed by atoms with Crippen LogP contribution in [0, 0.1) is 0 Å². The Bertz CT molecular complexity index is 608. The van der Waals surface area contributed by atoms with Gasteiger partial charge < -0.3 is 10.1 Å². The molecule has 2 aromatic carbocycles. The summed E-state index contributed by atoms with van der Waals surface area (Å²) in [4.78, 5) is 0. The molecule has 1 N–H and O–H groups in total. The lowest BCUT2D eigenvalue weighted by molar-refractivity contribution is 0.415. The molecule has 0 aromatic heterocycles. The molecule has 0 radical (unpaired) electrons. The second-order valence-electron chi connectivity index (χ2n) is 4.08. The van der Waals surface area contributed by atoms with Crippen LogP contribution in [0.1, 0.15) is 5.56 Å². The summed E-state index contributed by atoms with van der Waals surface area (Å²) in [6, 6.07) is 8.95. The average Bonchev–Trinajstić information content (AvgIpc) is 2.40. The maximum absolute atomic E-state index is 6.09. The van der Waals surface area contributed by atoms with Crippen molar-refractivity contribution in [2.45, 2.75) is 6.54 Å². The van der Waals surface area contributed by atoms with Crippen molar-refractivity contribution in [1.29, 1.82) is 0 Å². The van der Waals surface area contributed by atoms with Crippen molar-refractivity contribution < 1.29 is 4.74 Å². The normalized spacial score (nSPS) is 10.4. The van der Waals surface area contributed by atoms with Gasteiger partial charge in [-0.3, -0.25) is 0 Å². The van der Waals surface area contributed by atoms with E-state index in [4.69, 9.17) is 51.1 Å². The van der Waals surface area contributed by atoms with Crippen LogP contribution in [0.3, 0.4) is 0 Å². The third kappa shape index (κ3) is 3.64. The van der Waals surface area contributed by atoms with Crippen LogP contribution in [0.4, 0.5) is 5.69 Å². The predicted molar refractivity (Wildman–Crippen MR) is 86.8 cm³/mol. The lowest BCUT2D eigenvalue weighted by Crippen LogP contribution is -2.00.